The molecule has 1 aliphatic carbocycles. The number of hydrogen-bond acceptors (Lipinski definition) is 4. The molecule has 0 bridgehead atoms. The van der Waals surface area contributed by atoms with Crippen LogP contribution in [0, 0.1) is 18.3 Å². The van der Waals surface area contributed by atoms with Crippen LogP contribution in [0.5, 0.6) is 0 Å². The van der Waals surface area contributed by atoms with Crippen LogP contribution in [0.3, 0.4) is 0 Å². The molecule has 0 radical (unpaired) electrons. The predicted octanol–water partition coefficient (Wildman–Crippen LogP) is 3.32. The van der Waals surface area contributed by atoms with Crippen LogP contribution in [0.2, 0.25) is 0 Å². The summed E-state index contributed by atoms with van der Waals surface area (Å²) in [7, 11) is 0. The number of aromatic amines is 1. The molecule has 128 valence electrons. The molecule has 0 spiro atoms. The minimum atomic E-state index is -0.235. The third kappa shape index (κ3) is 2.98. The van der Waals surface area contributed by atoms with E-state index in [0.29, 0.717) is 22.9 Å². The maximum absolute atomic E-state index is 12.6. The number of H-pyrrole nitrogens is 1. The van der Waals surface area contributed by atoms with Crippen molar-refractivity contribution in [2.45, 2.75) is 38.5 Å². The van der Waals surface area contributed by atoms with Crippen LogP contribution in [-0.2, 0) is 0 Å². The van der Waals surface area contributed by atoms with Gasteiger partial charge in [-0.2, -0.15) is 10.4 Å². The lowest BCUT2D eigenvalue weighted by Crippen LogP contribution is -2.19. The highest BCUT2D eigenvalue weighted by Crippen LogP contribution is 2.41. The number of carbonyl (C=O) groups excluding carboxylic acids is 1. The Morgan fingerprint density at radius 2 is 2.12 bits per heavy atom. The van der Waals surface area contributed by atoms with Crippen LogP contribution < -0.4 is 10.2 Å². The van der Waals surface area contributed by atoms with E-state index in [1.807, 2.05) is 13.0 Å². The van der Waals surface area contributed by atoms with Gasteiger partial charge in [0.05, 0.1) is 11.3 Å². The highest BCUT2D eigenvalue weighted by atomic mass is 16.1. The lowest BCUT2D eigenvalue weighted by atomic mass is 10.1. The number of nitrogens with one attached hydrogen (secondary N) is 2. The van der Waals surface area contributed by atoms with Gasteiger partial charge in [-0.1, -0.05) is 0 Å². The summed E-state index contributed by atoms with van der Waals surface area (Å²) in [6.07, 6.45) is 4.66. The first-order chi connectivity index (χ1) is 12.2. The van der Waals surface area contributed by atoms with E-state index >= 15 is 0 Å². The maximum atomic E-state index is 12.6. The van der Waals surface area contributed by atoms with Crippen molar-refractivity contribution in [3.63, 3.8) is 0 Å². The SMILES string of the molecule is Cc1c(NC(=O)c2ccc(N3CCCC3)c(C#N)c2)n[nH]c1C1CC1. The molecule has 1 aliphatic heterocycles. The zero-order valence-corrected chi connectivity index (χ0v) is 14.3. The number of nitriles is 1. The third-order valence-corrected chi connectivity index (χ3v) is 5.09. The fraction of sp³-hybridized carbons (Fsp3) is 0.421. The van der Waals surface area contributed by atoms with Gasteiger partial charge < -0.3 is 10.2 Å². The molecule has 1 aromatic carbocycles. The number of nitrogens with zero attached hydrogens (tertiary/aromatic N) is 3. The number of aromatic nitrogens is 2. The number of anilines is 2. The van der Waals surface area contributed by atoms with Gasteiger partial charge >= 0.3 is 0 Å². The lowest BCUT2D eigenvalue weighted by molar-refractivity contribution is 0.102. The number of rotatable bonds is 4. The number of hydrogen-bond donors (Lipinski definition) is 2. The van der Waals surface area contributed by atoms with Gasteiger partial charge in [0.25, 0.3) is 5.91 Å². The summed E-state index contributed by atoms with van der Waals surface area (Å²) in [5.41, 5.74) is 4.08. The summed E-state index contributed by atoms with van der Waals surface area (Å²) < 4.78 is 0. The molecular weight excluding hydrogens is 314 g/mol. The normalized spacial score (nSPS) is 16.7. The van der Waals surface area contributed by atoms with Crippen molar-refractivity contribution in [3.8, 4) is 6.07 Å². The van der Waals surface area contributed by atoms with Crippen LogP contribution in [0.4, 0.5) is 11.5 Å². The second-order valence-electron chi connectivity index (χ2n) is 6.88. The summed E-state index contributed by atoms with van der Waals surface area (Å²) in [4.78, 5) is 14.8. The second-order valence-corrected chi connectivity index (χ2v) is 6.88. The average Bonchev–Trinajstić information content (AvgIpc) is 3.19. The molecule has 6 heteroatoms. The molecule has 0 unspecified atom stereocenters. The topological polar surface area (TPSA) is 84.8 Å². The van der Waals surface area contributed by atoms with Gasteiger partial charge in [0.1, 0.15) is 6.07 Å². The van der Waals surface area contributed by atoms with Crippen molar-refractivity contribution in [1.29, 1.82) is 5.26 Å². The van der Waals surface area contributed by atoms with E-state index < -0.39 is 0 Å². The highest BCUT2D eigenvalue weighted by molar-refractivity contribution is 6.04. The van der Waals surface area contributed by atoms with Crippen molar-refractivity contribution in [2.75, 3.05) is 23.3 Å². The first-order valence-corrected chi connectivity index (χ1v) is 8.82. The Morgan fingerprint density at radius 1 is 1.36 bits per heavy atom. The van der Waals surface area contributed by atoms with Crippen molar-refractivity contribution >= 4 is 17.4 Å². The first kappa shape index (κ1) is 15.7. The number of carbonyl (C=O) groups is 1. The Hall–Kier alpha value is -2.81. The molecule has 1 saturated carbocycles. The molecule has 1 saturated heterocycles. The molecule has 0 atom stereocenters. The van der Waals surface area contributed by atoms with Crippen LogP contribution in [0.1, 0.15) is 58.8 Å². The van der Waals surface area contributed by atoms with Gasteiger partial charge in [-0.15, -0.1) is 0 Å². The van der Waals surface area contributed by atoms with Gasteiger partial charge in [0.15, 0.2) is 5.82 Å². The first-order valence-electron chi connectivity index (χ1n) is 8.82. The Kier molecular flexibility index (Phi) is 3.92. The second kappa shape index (κ2) is 6.25. The third-order valence-electron chi connectivity index (χ3n) is 5.09. The van der Waals surface area contributed by atoms with Crippen molar-refractivity contribution in [1.82, 2.24) is 10.2 Å². The van der Waals surface area contributed by atoms with E-state index in [0.717, 1.165) is 42.9 Å². The summed E-state index contributed by atoms with van der Waals surface area (Å²) in [5.74, 6) is 0.901. The summed E-state index contributed by atoms with van der Waals surface area (Å²) >= 11 is 0. The largest absolute Gasteiger partial charge is 0.370 e. The summed E-state index contributed by atoms with van der Waals surface area (Å²) in [6.45, 7) is 3.91. The predicted molar refractivity (Wildman–Crippen MR) is 95.9 cm³/mol. The fourth-order valence-electron chi connectivity index (χ4n) is 3.48. The molecule has 1 aromatic heterocycles. The summed E-state index contributed by atoms with van der Waals surface area (Å²) in [6, 6.07) is 7.57. The van der Waals surface area contributed by atoms with Crippen LogP contribution in [-0.4, -0.2) is 29.2 Å². The molecule has 2 aliphatic rings. The van der Waals surface area contributed by atoms with Crippen molar-refractivity contribution < 1.29 is 4.79 Å². The molecule has 2 heterocycles. The minimum absolute atomic E-state index is 0.235. The Morgan fingerprint density at radius 3 is 2.80 bits per heavy atom. The van der Waals surface area contributed by atoms with E-state index in [1.165, 1.54) is 12.8 Å². The van der Waals surface area contributed by atoms with E-state index in [4.69, 9.17) is 0 Å². The Bertz CT molecular complexity index is 853. The quantitative estimate of drug-likeness (QED) is 0.897. The zero-order valence-electron chi connectivity index (χ0n) is 14.3. The molecule has 1 amide bonds. The van der Waals surface area contributed by atoms with Crippen molar-refractivity contribution in [2.24, 2.45) is 0 Å². The van der Waals surface area contributed by atoms with E-state index in [2.05, 4.69) is 26.5 Å². The van der Waals surface area contributed by atoms with E-state index in [1.54, 1.807) is 12.1 Å². The lowest BCUT2D eigenvalue weighted by Gasteiger charge is -2.19. The molecule has 2 fully saturated rings. The smallest absolute Gasteiger partial charge is 0.256 e. The Labute approximate surface area is 146 Å². The standard InChI is InChI=1S/C19H21N5O/c1-12-17(13-4-5-13)22-23-18(12)21-19(25)14-6-7-16(15(10-14)11-20)24-8-2-3-9-24/h6-7,10,13H,2-5,8-9H2,1H3,(H2,21,22,23,25). The molecule has 6 nitrogen and oxygen atoms in total. The monoisotopic (exact) mass is 335 g/mol. The van der Waals surface area contributed by atoms with Gasteiger partial charge in [-0.05, 0) is 50.8 Å². The van der Waals surface area contributed by atoms with E-state index in [9.17, 15) is 10.1 Å². The highest BCUT2D eigenvalue weighted by Gasteiger charge is 2.28. The number of amides is 1. The zero-order chi connectivity index (χ0) is 17.4. The number of benzene rings is 1. The minimum Gasteiger partial charge on any atom is -0.370 e. The van der Waals surface area contributed by atoms with Gasteiger partial charge in [-0.25, -0.2) is 0 Å². The van der Waals surface area contributed by atoms with Crippen LogP contribution in [0.25, 0.3) is 0 Å². The molecular formula is C19H21N5O. The fourth-order valence-corrected chi connectivity index (χ4v) is 3.48. The van der Waals surface area contributed by atoms with Gasteiger partial charge in [-0.3, -0.25) is 9.89 Å². The van der Waals surface area contributed by atoms with Crippen molar-refractivity contribution in [3.05, 3.63) is 40.6 Å². The van der Waals surface area contributed by atoms with Crippen LogP contribution >= 0.6 is 0 Å². The van der Waals surface area contributed by atoms with Gasteiger partial charge in [0, 0.05) is 35.8 Å². The Balaban J connectivity index is 1.55. The van der Waals surface area contributed by atoms with Crippen LogP contribution in [0.15, 0.2) is 18.2 Å². The molecule has 2 aromatic rings. The molecule has 2 N–H and O–H groups in total. The molecule has 4 rings (SSSR count). The summed E-state index contributed by atoms with van der Waals surface area (Å²) in [5, 5.41) is 19.6. The van der Waals surface area contributed by atoms with E-state index in [-0.39, 0.29) is 5.91 Å². The maximum Gasteiger partial charge on any atom is 0.256 e. The van der Waals surface area contributed by atoms with Gasteiger partial charge in [0.2, 0.25) is 0 Å². The molecule has 25 heavy (non-hydrogen) atoms. The average molecular weight is 335 g/mol.